The molecular weight excluding hydrogens is 200 g/mol. The molecule has 0 bridgehead atoms. The maximum Gasteiger partial charge on any atom is 0.303 e. The molecule has 15 heavy (non-hydrogen) atoms. The van der Waals surface area contributed by atoms with Gasteiger partial charge in [0.25, 0.3) is 0 Å². The molecule has 0 aromatic carbocycles. The van der Waals surface area contributed by atoms with Gasteiger partial charge in [0.2, 0.25) is 0 Å². The second kappa shape index (κ2) is 4.91. The van der Waals surface area contributed by atoms with Crippen molar-refractivity contribution in [3.63, 3.8) is 0 Å². The summed E-state index contributed by atoms with van der Waals surface area (Å²) in [5.74, 6) is -1.48. The molecule has 1 unspecified atom stereocenters. The number of hydrogen-bond donors (Lipinski definition) is 0. The highest BCUT2D eigenvalue weighted by atomic mass is 16.6. The van der Waals surface area contributed by atoms with Crippen molar-refractivity contribution in [1.82, 2.24) is 0 Å². The largest absolute Gasteiger partial charge is 0.455 e. The minimum Gasteiger partial charge on any atom is -0.455 e. The number of esters is 2. The van der Waals surface area contributed by atoms with Crippen LogP contribution in [0, 0.1) is 0 Å². The first-order chi connectivity index (χ1) is 6.66. The summed E-state index contributed by atoms with van der Waals surface area (Å²) in [6.07, 6.45) is -1.07. The highest BCUT2D eigenvalue weighted by Crippen LogP contribution is 2.19. The van der Waals surface area contributed by atoms with E-state index >= 15 is 0 Å². The summed E-state index contributed by atoms with van der Waals surface area (Å²) in [5, 5.41) is 0. The van der Waals surface area contributed by atoms with E-state index in [-0.39, 0.29) is 5.78 Å². The normalized spacial score (nSPS) is 12.9. The standard InChI is InChI=1S/C10H16O5/c1-6(11)9(14-7(2)12)10(4,5)15-8(3)13/h9H,1-5H3. The van der Waals surface area contributed by atoms with Crippen molar-refractivity contribution in [2.75, 3.05) is 0 Å². The molecule has 0 aromatic rings. The Morgan fingerprint density at radius 2 is 1.47 bits per heavy atom. The third-order valence-electron chi connectivity index (χ3n) is 1.69. The molecular formula is C10H16O5. The fourth-order valence-electron chi connectivity index (χ4n) is 1.30. The van der Waals surface area contributed by atoms with E-state index in [1.807, 2.05) is 0 Å². The van der Waals surface area contributed by atoms with Gasteiger partial charge in [-0.1, -0.05) is 0 Å². The molecule has 0 radical (unpaired) electrons. The predicted molar refractivity (Wildman–Crippen MR) is 52.1 cm³/mol. The lowest BCUT2D eigenvalue weighted by Gasteiger charge is -2.30. The first-order valence-corrected chi connectivity index (χ1v) is 4.54. The Morgan fingerprint density at radius 3 is 1.73 bits per heavy atom. The molecule has 0 aromatic heterocycles. The zero-order chi connectivity index (χ0) is 12.2. The van der Waals surface area contributed by atoms with Gasteiger partial charge in [-0.3, -0.25) is 14.4 Å². The van der Waals surface area contributed by atoms with Crippen LogP contribution in [0.2, 0.25) is 0 Å². The van der Waals surface area contributed by atoms with E-state index in [1.165, 1.54) is 34.6 Å². The van der Waals surface area contributed by atoms with Gasteiger partial charge in [0.05, 0.1) is 0 Å². The summed E-state index contributed by atoms with van der Waals surface area (Å²) < 4.78 is 9.74. The van der Waals surface area contributed by atoms with Crippen LogP contribution in [-0.2, 0) is 23.9 Å². The van der Waals surface area contributed by atoms with E-state index in [2.05, 4.69) is 0 Å². The second-order valence-corrected chi connectivity index (χ2v) is 3.80. The van der Waals surface area contributed by atoms with E-state index in [0.29, 0.717) is 0 Å². The minimum absolute atomic E-state index is 0.364. The fraction of sp³-hybridized carbons (Fsp3) is 0.700. The summed E-state index contributed by atoms with van der Waals surface area (Å²) >= 11 is 0. The van der Waals surface area contributed by atoms with Gasteiger partial charge in [-0.05, 0) is 20.8 Å². The molecule has 1 atom stereocenters. The van der Waals surface area contributed by atoms with E-state index < -0.39 is 23.6 Å². The molecule has 86 valence electrons. The van der Waals surface area contributed by atoms with Crippen molar-refractivity contribution in [1.29, 1.82) is 0 Å². The predicted octanol–water partition coefficient (Wildman–Crippen LogP) is 0.849. The van der Waals surface area contributed by atoms with E-state index in [4.69, 9.17) is 9.47 Å². The van der Waals surface area contributed by atoms with Crippen molar-refractivity contribution in [2.45, 2.75) is 46.3 Å². The monoisotopic (exact) mass is 216 g/mol. The van der Waals surface area contributed by atoms with E-state index in [1.54, 1.807) is 0 Å². The van der Waals surface area contributed by atoms with Crippen LogP contribution in [0.4, 0.5) is 0 Å². The van der Waals surface area contributed by atoms with Crippen LogP contribution in [0.15, 0.2) is 0 Å². The molecule has 0 saturated heterocycles. The first kappa shape index (κ1) is 13.6. The fourth-order valence-corrected chi connectivity index (χ4v) is 1.30. The van der Waals surface area contributed by atoms with Crippen LogP contribution in [0.25, 0.3) is 0 Å². The Labute approximate surface area is 88.7 Å². The van der Waals surface area contributed by atoms with Gasteiger partial charge in [-0.2, -0.15) is 0 Å². The molecule has 0 heterocycles. The van der Waals surface area contributed by atoms with Crippen molar-refractivity contribution in [3.8, 4) is 0 Å². The third kappa shape index (κ3) is 4.58. The van der Waals surface area contributed by atoms with Crippen molar-refractivity contribution in [3.05, 3.63) is 0 Å². The number of hydrogen-bond acceptors (Lipinski definition) is 5. The maximum atomic E-state index is 11.2. The number of rotatable bonds is 4. The van der Waals surface area contributed by atoms with Crippen LogP contribution in [0.3, 0.4) is 0 Å². The molecule has 0 fully saturated rings. The van der Waals surface area contributed by atoms with E-state index in [0.717, 1.165) is 0 Å². The van der Waals surface area contributed by atoms with Gasteiger partial charge in [0, 0.05) is 13.8 Å². The highest BCUT2D eigenvalue weighted by molar-refractivity contribution is 5.84. The van der Waals surface area contributed by atoms with Gasteiger partial charge in [-0.15, -0.1) is 0 Å². The molecule has 5 nitrogen and oxygen atoms in total. The van der Waals surface area contributed by atoms with Crippen LogP contribution in [-0.4, -0.2) is 29.4 Å². The van der Waals surface area contributed by atoms with Crippen molar-refractivity contribution >= 4 is 17.7 Å². The van der Waals surface area contributed by atoms with E-state index in [9.17, 15) is 14.4 Å². The smallest absolute Gasteiger partial charge is 0.303 e. The highest BCUT2D eigenvalue weighted by Gasteiger charge is 2.38. The van der Waals surface area contributed by atoms with Crippen molar-refractivity contribution < 1.29 is 23.9 Å². The van der Waals surface area contributed by atoms with Gasteiger partial charge in [0.1, 0.15) is 0 Å². The zero-order valence-electron chi connectivity index (χ0n) is 9.62. The molecule has 0 aliphatic carbocycles. The van der Waals surface area contributed by atoms with Gasteiger partial charge in [-0.25, -0.2) is 0 Å². The Bertz CT molecular complexity index is 280. The third-order valence-corrected chi connectivity index (χ3v) is 1.69. The Hall–Kier alpha value is -1.39. The Kier molecular flexibility index (Phi) is 4.45. The summed E-state index contributed by atoms with van der Waals surface area (Å²) in [4.78, 5) is 32.8. The number of Topliss-reactive ketones (excluding diaryl/α,β-unsaturated/α-hetero) is 1. The average molecular weight is 216 g/mol. The Balaban J connectivity index is 4.80. The molecule has 0 aliphatic rings. The zero-order valence-corrected chi connectivity index (χ0v) is 9.62. The van der Waals surface area contributed by atoms with Crippen molar-refractivity contribution in [2.24, 2.45) is 0 Å². The maximum absolute atomic E-state index is 11.2. The summed E-state index contributed by atoms with van der Waals surface area (Å²) in [7, 11) is 0. The average Bonchev–Trinajstić information content (AvgIpc) is 1.96. The summed E-state index contributed by atoms with van der Waals surface area (Å²) in [6.45, 7) is 6.73. The molecule has 0 saturated carbocycles. The number of carbonyl (C=O) groups excluding carboxylic acids is 3. The van der Waals surface area contributed by atoms with Gasteiger partial charge in [0.15, 0.2) is 17.5 Å². The SMILES string of the molecule is CC(=O)OC(C(C)=O)C(C)(C)OC(C)=O. The Morgan fingerprint density at radius 1 is 1.00 bits per heavy atom. The van der Waals surface area contributed by atoms with Gasteiger partial charge < -0.3 is 9.47 Å². The first-order valence-electron chi connectivity index (χ1n) is 4.54. The molecule has 0 spiro atoms. The number of carbonyl (C=O) groups is 3. The summed E-state index contributed by atoms with van der Waals surface area (Å²) in [6, 6.07) is 0. The topological polar surface area (TPSA) is 69.7 Å². The number of ether oxygens (including phenoxy) is 2. The van der Waals surface area contributed by atoms with Crippen LogP contribution in [0.5, 0.6) is 0 Å². The van der Waals surface area contributed by atoms with Crippen LogP contribution < -0.4 is 0 Å². The molecule has 5 heteroatoms. The minimum atomic E-state index is -1.15. The molecule has 0 rings (SSSR count). The quantitative estimate of drug-likeness (QED) is 0.651. The van der Waals surface area contributed by atoms with Crippen LogP contribution >= 0.6 is 0 Å². The second-order valence-electron chi connectivity index (χ2n) is 3.80. The van der Waals surface area contributed by atoms with Crippen LogP contribution in [0.1, 0.15) is 34.6 Å². The molecule has 0 N–H and O–H groups in total. The lowest BCUT2D eigenvalue weighted by atomic mass is 9.98. The molecule has 0 amide bonds. The lowest BCUT2D eigenvalue weighted by molar-refractivity contribution is -0.180. The summed E-state index contributed by atoms with van der Waals surface area (Å²) in [5.41, 5.74) is -1.15. The number of ketones is 1. The lowest BCUT2D eigenvalue weighted by Crippen LogP contribution is -2.47. The van der Waals surface area contributed by atoms with Gasteiger partial charge >= 0.3 is 11.9 Å². The molecule has 0 aliphatic heterocycles.